The molecule has 1 N–H and O–H groups in total. The molecule has 2 rings (SSSR count). The first kappa shape index (κ1) is 13.2. The van der Waals surface area contributed by atoms with Gasteiger partial charge in [0.15, 0.2) is 0 Å². The normalized spacial score (nSPS) is 12.6. The molecule has 0 saturated heterocycles. The lowest BCUT2D eigenvalue weighted by molar-refractivity contribution is 0.545. The van der Waals surface area contributed by atoms with Crippen LogP contribution in [-0.2, 0) is 6.42 Å². The van der Waals surface area contributed by atoms with Crippen LogP contribution < -0.4 is 5.32 Å². The van der Waals surface area contributed by atoms with Crippen molar-refractivity contribution in [2.75, 3.05) is 6.54 Å². The van der Waals surface area contributed by atoms with Crippen LogP contribution in [0.2, 0.25) is 0 Å². The Morgan fingerprint density at radius 2 is 2.17 bits per heavy atom. The molecule has 1 aromatic carbocycles. The van der Waals surface area contributed by atoms with Crippen molar-refractivity contribution in [3.05, 3.63) is 57.5 Å². The standard InChI is InChI=1S/C15H18FNS/c1-3-17-15(9-12-6-7-18-10-12)14-5-4-13(16)8-11(14)2/h4-8,10,15,17H,3,9H2,1-2H3. The lowest BCUT2D eigenvalue weighted by Gasteiger charge is -2.20. The van der Waals surface area contributed by atoms with Crippen LogP contribution in [-0.4, -0.2) is 6.54 Å². The molecule has 0 amide bonds. The number of rotatable bonds is 5. The van der Waals surface area contributed by atoms with E-state index in [1.54, 1.807) is 23.5 Å². The van der Waals surface area contributed by atoms with E-state index in [0.717, 1.165) is 18.5 Å². The van der Waals surface area contributed by atoms with Crippen molar-refractivity contribution < 1.29 is 4.39 Å². The van der Waals surface area contributed by atoms with Crippen LogP contribution in [0.15, 0.2) is 35.0 Å². The van der Waals surface area contributed by atoms with Gasteiger partial charge >= 0.3 is 0 Å². The third-order valence-electron chi connectivity index (χ3n) is 3.08. The van der Waals surface area contributed by atoms with Gasteiger partial charge in [-0.3, -0.25) is 0 Å². The molecule has 1 atom stereocenters. The fraction of sp³-hybridized carbons (Fsp3) is 0.333. The van der Waals surface area contributed by atoms with Crippen LogP contribution in [0.1, 0.15) is 29.7 Å². The fourth-order valence-corrected chi connectivity index (χ4v) is 2.89. The highest BCUT2D eigenvalue weighted by molar-refractivity contribution is 7.07. The van der Waals surface area contributed by atoms with E-state index in [1.807, 2.05) is 13.0 Å². The van der Waals surface area contributed by atoms with Gasteiger partial charge in [0, 0.05) is 6.04 Å². The lowest BCUT2D eigenvalue weighted by Crippen LogP contribution is -2.23. The summed E-state index contributed by atoms with van der Waals surface area (Å²) in [5, 5.41) is 7.74. The molecule has 0 aliphatic heterocycles. The summed E-state index contributed by atoms with van der Waals surface area (Å²) < 4.78 is 13.2. The number of likely N-dealkylation sites (N-methyl/N-ethyl adjacent to an activating group) is 1. The summed E-state index contributed by atoms with van der Waals surface area (Å²) in [5.74, 6) is -0.165. The monoisotopic (exact) mass is 263 g/mol. The Morgan fingerprint density at radius 1 is 1.33 bits per heavy atom. The molecule has 0 aliphatic rings. The maximum atomic E-state index is 13.2. The molecule has 3 heteroatoms. The summed E-state index contributed by atoms with van der Waals surface area (Å²) in [4.78, 5) is 0. The molecule has 0 radical (unpaired) electrons. The highest BCUT2D eigenvalue weighted by atomic mass is 32.1. The van der Waals surface area contributed by atoms with Crippen molar-refractivity contribution in [3.8, 4) is 0 Å². The number of halogens is 1. The van der Waals surface area contributed by atoms with Gasteiger partial charge in [-0.15, -0.1) is 0 Å². The maximum Gasteiger partial charge on any atom is 0.123 e. The van der Waals surface area contributed by atoms with Gasteiger partial charge in [0.2, 0.25) is 0 Å². The average Bonchev–Trinajstić information content (AvgIpc) is 2.81. The molecule has 18 heavy (non-hydrogen) atoms. The Morgan fingerprint density at radius 3 is 2.78 bits per heavy atom. The molecule has 1 nitrogen and oxygen atoms in total. The summed E-state index contributed by atoms with van der Waals surface area (Å²) in [5.41, 5.74) is 3.52. The minimum Gasteiger partial charge on any atom is -0.310 e. The number of aryl methyl sites for hydroxylation is 1. The Labute approximate surface area is 112 Å². The molecule has 1 unspecified atom stereocenters. The second-order valence-corrected chi connectivity index (χ2v) is 5.23. The van der Waals surface area contributed by atoms with Crippen molar-refractivity contribution in [1.29, 1.82) is 0 Å². The second kappa shape index (κ2) is 6.12. The minimum absolute atomic E-state index is 0.165. The molecule has 96 valence electrons. The van der Waals surface area contributed by atoms with Crippen molar-refractivity contribution in [3.63, 3.8) is 0 Å². The van der Waals surface area contributed by atoms with E-state index in [-0.39, 0.29) is 11.9 Å². The van der Waals surface area contributed by atoms with Crippen molar-refractivity contribution >= 4 is 11.3 Å². The van der Waals surface area contributed by atoms with E-state index in [0.29, 0.717) is 0 Å². The van der Waals surface area contributed by atoms with Gasteiger partial charge < -0.3 is 5.32 Å². The van der Waals surface area contributed by atoms with Gasteiger partial charge in [0.25, 0.3) is 0 Å². The Balaban J connectivity index is 2.23. The zero-order chi connectivity index (χ0) is 13.0. The van der Waals surface area contributed by atoms with Gasteiger partial charge in [-0.1, -0.05) is 13.0 Å². The van der Waals surface area contributed by atoms with Gasteiger partial charge in [-0.05, 0) is 65.5 Å². The molecule has 1 heterocycles. The van der Waals surface area contributed by atoms with Crippen LogP contribution in [0.25, 0.3) is 0 Å². The number of hydrogen-bond donors (Lipinski definition) is 1. The predicted octanol–water partition coefficient (Wildman–Crippen LogP) is 4.09. The van der Waals surface area contributed by atoms with E-state index in [4.69, 9.17) is 0 Å². The third kappa shape index (κ3) is 3.18. The highest BCUT2D eigenvalue weighted by Crippen LogP contribution is 2.23. The lowest BCUT2D eigenvalue weighted by atomic mass is 9.96. The molecule has 0 aliphatic carbocycles. The van der Waals surface area contributed by atoms with Gasteiger partial charge in [0.1, 0.15) is 5.82 Å². The molecule has 2 aromatic rings. The Bertz CT molecular complexity index is 493. The third-order valence-corrected chi connectivity index (χ3v) is 3.81. The van der Waals surface area contributed by atoms with E-state index < -0.39 is 0 Å². The first-order valence-corrected chi connectivity index (χ1v) is 7.15. The Kier molecular flexibility index (Phi) is 4.50. The SMILES string of the molecule is CCNC(Cc1ccsc1)c1ccc(F)cc1C. The van der Waals surface area contributed by atoms with E-state index in [9.17, 15) is 4.39 Å². The largest absolute Gasteiger partial charge is 0.310 e. The molecular formula is C15H18FNS. The fourth-order valence-electron chi connectivity index (χ4n) is 2.21. The van der Waals surface area contributed by atoms with Crippen LogP contribution >= 0.6 is 11.3 Å². The zero-order valence-corrected chi connectivity index (χ0v) is 11.6. The van der Waals surface area contributed by atoms with E-state index >= 15 is 0 Å². The molecule has 0 spiro atoms. The number of benzene rings is 1. The number of hydrogen-bond acceptors (Lipinski definition) is 2. The van der Waals surface area contributed by atoms with Crippen LogP contribution in [0.5, 0.6) is 0 Å². The topological polar surface area (TPSA) is 12.0 Å². The van der Waals surface area contributed by atoms with Gasteiger partial charge in [0.05, 0.1) is 0 Å². The summed E-state index contributed by atoms with van der Waals surface area (Å²) in [6.45, 7) is 4.97. The maximum absolute atomic E-state index is 13.2. The average molecular weight is 263 g/mol. The quantitative estimate of drug-likeness (QED) is 0.856. The summed E-state index contributed by atoms with van der Waals surface area (Å²) in [6.07, 6.45) is 0.948. The predicted molar refractivity (Wildman–Crippen MR) is 75.6 cm³/mol. The first-order valence-electron chi connectivity index (χ1n) is 6.21. The second-order valence-electron chi connectivity index (χ2n) is 4.45. The summed E-state index contributed by atoms with van der Waals surface area (Å²) in [7, 11) is 0. The molecule has 0 bridgehead atoms. The Hall–Kier alpha value is -1.19. The van der Waals surface area contributed by atoms with Gasteiger partial charge in [-0.25, -0.2) is 4.39 Å². The highest BCUT2D eigenvalue weighted by Gasteiger charge is 2.14. The molecule has 0 fully saturated rings. The summed E-state index contributed by atoms with van der Waals surface area (Å²) >= 11 is 1.71. The van der Waals surface area contributed by atoms with Gasteiger partial charge in [-0.2, -0.15) is 11.3 Å². The van der Waals surface area contributed by atoms with Crippen LogP contribution in [0.3, 0.4) is 0 Å². The molecular weight excluding hydrogens is 245 g/mol. The van der Waals surface area contributed by atoms with Crippen LogP contribution in [0.4, 0.5) is 4.39 Å². The number of thiophene rings is 1. The first-order chi connectivity index (χ1) is 8.70. The number of nitrogens with one attached hydrogen (secondary N) is 1. The van der Waals surface area contributed by atoms with E-state index in [2.05, 4.69) is 29.1 Å². The molecule has 0 saturated carbocycles. The molecule has 1 aromatic heterocycles. The summed E-state index contributed by atoms with van der Waals surface area (Å²) in [6, 6.07) is 7.44. The zero-order valence-electron chi connectivity index (χ0n) is 10.7. The van der Waals surface area contributed by atoms with Crippen LogP contribution in [0, 0.1) is 12.7 Å². The van der Waals surface area contributed by atoms with Crippen molar-refractivity contribution in [1.82, 2.24) is 5.32 Å². The van der Waals surface area contributed by atoms with Crippen molar-refractivity contribution in [2.45, 2.75) is 26.3 Å². The smallest absolute Gasteiger partial charge is 0.123 e. The van der Waals surface area contributed by atoms with E-state index in [1.165, 1.54) is 11.1 Å². The minimum atomic E-state index is -0.165. The van der Waals surface area contributed by atoms with Crippen molar-refractivity contribution in [2.24, 2.45) is 0 Å².